The van der Waals surface area contributed by atoms with E-state index in [0.29, 0.717) is 17.9 Å². The first kappa shape index (κ1) is 20.2. The molecule has 0 bridgehead atoms. The first-order valence-electron chi connectivity index (χ1n) is 11.4. The van der Waals surface area contributed by atoms with E-state index in [1.165, 1.54) is 69.8 Å². The molecule has 0 saturated heterocycles. The maximum Gasteiger partial charge on any atom is 0.119 e. The Kier molecular flexibility index (Phi) is 8.05. The van der Waals surface area contributed by atoms with Crippen LogP contribution in [-0.4, -0.2) is 6.10 Å². The zero-order valence-electron chi connectivity index (χ0n) is 17.4. The van der Waals surface area contributed by atoms with E-state index in [0.717, 1.165) is 11.7 Å². The van der Waals surface area contributed by atoms with E-state index in [1.54, 1.807) is 0 Å². The third-order valence-corrected chi connectivity index (χ3v) is 6.40. The fourth-order valence-corrected chi connectivity index (χ4v) is 4.81. The molecule has 0 amide bonds. The molecule has 0 aliphatic heterocycles. The van der Waals surface area contributed by atoms with Crippen LogP contribution in [0.15, 0.2) is 48.6 Å². The molecule has 1 saturated carbocycles. The molecule has 2 aliphatic carbocycles. The summed E-state index contributed by atoms with van der Waals surface area (Å²) in [6, 6.07) is 8.95. The van der Waals surface area contributed by atoms with Crippen LogP contribution in [0.25, 0.3) is 0 Å². The summed E-state index contributed by atoms with van der Waals surface area (Å²) in [5, 5.41) is 0. The van der Waals surface area contributed by atoms with Crippen molar-refractivity contribution in [2.24, 2.45) is 11.8 Å². The third-order valence-electron chi connectivity index (χ3n) is 6.40. The van der Waals surface area contributed by atoms with Crippen molar-refractivity contribution in [3.8, 4) is 5.75 Å². The molecule has 1 nitrogen and oxygen atoms in total. The summed E-state index contributed by atoms with van der Waals surface area (Å²) in [5.74, 6) is 3.14. The zero-order chi connectivity index (χ0) is 18.9. The van der Waals surface area contributed by atoms with E-state index in [4.69, 9.17) is 4.74 Å². The molecule has 1 aromatic rings. The van der Waals surface area contributed by atoms with Gasteiger partial charge in [-0.1, -0.05) is 75.5 Å². The number of ether oxygens (including phenoxy) is 1. The zero-order valence-corrected chi connectivity index (χ0v) is 17.4. The average molecular weight is 367 g/mol. The van der Waals surface area contributed by atoms with Crippen LogP contribution in [-0.2, 0) is 0 Å². The van der Waals surface area contributed by atoms with Crippen LogP contribution >= 0.6 is 0 Å². The first-order valence-corrected chi connectivity index (χ1v) is 11.4. The highest BCUT2D eigenvalue weighted by Crippen LogP contribution is 2.34. The maximum absolute atomic E-state index is 6.36. The maximum atomic E-state index is 6.36. The molecule has 148 valence electrons. The molecule has 0 radical (unpaired) electrons. The van der Waals surface area contributed by atoms with Crippen molar-refractivity contribution in [2.45, 2.75) is 90.1 Å². The third kappa shape index (κ3) is 6.26. The molecule has 1 heteroatoms. The van der Waals surface area contributed by atoms with Crippen molar-refractivity contribution in [1.29, 1.82) is 0 Å². The first-order chi connectivity index (χ1) is 13.3. The molecule has 1 aromatic carbocycles. The summed E-state index contributed by atoms with van der Waals surface area (Å²) >= 11 is 0. The number of hydrogen-bond donors (Lipinski definition) is 0. The Morgan fingerprint density at radius 1 is 1.00 bits per heavy atom. The van der Waals surface area contributed by atoms with Crippen LogP contribution in [0.5, 0.6) is 5.75 Å². The lowest BCUT2D eigenvalue weighted by atomic mass is 9.83. The molecule has 1 fully saturated rings. The predicted octanol–water partition coefficient (Wildman–Crippen LogP) is 7.83. The number of allylic oxidation sites excluding steroid dienone is 4. The summed E-state index contributed by atoms with van der Waals surface area (Å²) < 4.78 is 6.36. The molecule has 4 atom stereocenters. The highest BCUT2D eigenvalue weighted by Gasteiger charge is 2.23. The van der Waals surface area contributed by atoms with Crippen LogP contribution in [0, 0.1) is 11.8 Å². The van der Waals surface area contributed by atoms with Crippen LogP contribution in [0.3, 0.4) is 0 Å². The van der Waals surface area contributed by atoms with Gasteiger partial charge in [0.2, 0.25) is 0 Å². The van der Waals surface area contributed by atoms with Gasteiger partial charge in [0, 0.05) is 5.92 Å². The van der Waals surface area contributed by atoms with Crippen molar-refractivity contribution in [3.63, 3.8) is 0 Å². The predicted molar refractivity (Wildman–Crippen MR) is 116 cm³/mol. The van der Waals surface area contributed by atoms with Gasteiger partial charge in [0.1, 0.15) is 5.75 Å². The molecule has 0 N–H and O–H groups in total. The van der Waals surface area contributed by atoms with Gasteiger partial charge in [0.25, 0.3) is 0 Å². The molecular weight excluding hydrogens is 328 g/mol. The Balaban J connectivity index is 1.50. The van der Waals surface area contributed by atoms with Gasteiger partial charge in [0.05, 0.1) is 6.10 Å². The largest absolute Gasteiger partial charge is 0.490 e. The van der Waals surface area contributed by atoms with Crippen molar-refractivity contribution in [2.75, 3.05) is 0 Å². The summed E-state index contributed by atoms with van der Waals surface area (Å²) in [5.41, 5.74) is 1.43. The van der Waals surface area contributed by atoms with Crippen molar-refractivity contribution < 1.29 is 4.74 Å². The second-order valence-electron chi connectivity index (χ2n) is 8.60. The molecule has 0 aromatic heterocycles. The van der Waals surface area contributed by atoms with E-state index >= 15 is 0 Å². The van der Waals surface area contributed by atoms with E-state index in [1.807, 2.05) is 0 Å². The van der Waals surface area contributed by atoms with Crippen molar-refractivity contribution >= 4 is 0 Å². The fraction of sp³-hybridized carbons (Fsp3) is 0.615. The minimum absolute atomic E-state index is 0.424. The molecular formula is C26H38O. The topological polar surface area (TPSA) is 9.23 Å². The normalized spacial score (nSPS) is 28.5. The summed E-state index contributed by atoms with van der Waals surface area (Å²) in [4.78, 5) is 0. The summed E-state index contributed by atoms with van der Waals surface area (Å²) in [6.07, 6.45) is 22.9. The average Bonchev–Trinajstić information content (AvgIpc) is 2.70. The van der Waals surface area contributed by atoms with E-state index in [2.05, 4.69) is 62.4 Å². The second kappa shape index (κ2) is 10.7. The van der Waals surface area contributed by atoms with Gasteiger partial charge in [-0.05, 0) is 68.6 Å². The van der Waals surface area contributed by atoms with Gasteiger partial charge in [-0.25, -0.2) is 0 Å². The smallest absolute Gasteiger partial charge is 0.119 e. The minimum Gasteiger partial charge on any atom is -0.490 e. The van der Waals surface area contributed by atoms with Gasteiger partial charge >= 0.3 is 0 Å². The lowest BCUT2D eigenvalue weighted by Gasteiger charge is -2.30. The molecule has 0 heterocycles. The monoisotopic (exact) mass is 366 g/mol. The minimum atomic E-state index is 0.424. The van der Waals surface area contributed by atoms with Gasteiger partial charge in [-0.2, -0.15) is 0 Å². The number of hydrogen-bond acceptors (Lipinski definition) is 1. The Morgan fingerprint density at radius 2 is 1.85 bits per heavy atom. The van der Waals surface area contributed by atoms with E-state index in [9.17, 15) is 0 Å². The van der Waals surface area contributed by atoms with E-state index < -0.39 is 0 Å². The lowest BCUT2D eigenvalue weighted by molar-refractivity contribution is 0.119. The van der Waals surface area contributed by atoms with Crippen molar-refractivity contribution in [1.82, 2.24) is 0 Å². The number of unbranched alkanes of at least 4 members (excludes halogenated alkanes) is 2. The van der Waals surface area contributed by atoms with E-state index in [-0.39, 0.29) is 0 Å². The van der Waals surface area contributed by atoms with Crippen LogP contribution < -0.4 is 4.74 Å². The second-order valence-corrected chi connectivity index (χ2v) is 8.60. The number of benzene rings is 1. The quantitative estimate of drug-likeness (QED) is 0.336. The highest BCUT2D eigenvalue weighted by atomic mass is 16.5. The van der Waals surface area contributed by atoms with Gasteiger partial charge in [-0.15, -0.1) is 0 Å². The Morgan fingerprint density at radius 3 is 2.56 bits per heavy atom. The van der Waals surface area contributed by atoms with Gasteiger partial charge in [0.15, 0.2) is 0 Å². The van der Waals surface area contributed by atoms with Gasteiger partial charge in [-0.3, -0.25) is 0 Å². The highest BCUT2D eigenvalue weighted by molar-refractivity contribution is 5.32. The Labute approximate surface area is 166 Å². The van der Waals surface area contributed by atoms with Crippen LogP contribution in [0.1, 0.15) is 89.5 Å². The summed E-state index contributed by atoms with van der Waals surface area (Å²) in [7, 11) is 0. The fourth-order valence-electron chi connectivity index (χ4n) is 4.81. The molecule has 0 spiro atoms. The molecule has 3 rings (SSSR count). The Hall–Kier alpha value is -1.50. The molecule has 27 heavy (non-hydrogen) atoms. The van der Waals surface area contributed by atoms with Crippen molar-refractivity contribution in [3.05, 3.63) is 54.1 Å². The lowest BCUT2D eigenvalue weighted by Crippen LogP contribution is -2.25. The van der Waals surface area contributed by atoms with Crippen LogP contribution in [0.4, 0.5) is 0 Å². The Bertz CT molecular complexity index is 597. The molecule has 2 aliphatic rings. The summed E-state index contributed by atoms with van der Waals surface area (Å²) in [6.45, 7) is 4.40. The molecule has 4 unspecified atom stereocenters. The van der Waals surface area contributed by atoms with Crippen LogP contribution in [0.2, 0.25) is 0 Å². The standard InChI is InChI=1S/C26H38O/c1-3-5-6-9-22-10-7-11-26(20-22)27-25-18-16-24(17-19-25)23-14-12-21(8-4-2)13-15-23/h4,8,12,14,16-19,21-23,26H,3,5-7,9-11,13,15,20H2,1-2H3/b8-4+. The number of rotatable bonds is 8. The van der Waals surface area contributed by atoms with Gasteiger partial charge < -0.3 is 4.74 Å². The SMILES string of the molecule is C/C=C/C1C=CC(c2ccc(OC3CCCC(CCCCC)C3)cc2)CC1.